The highest BCUT2D eigenvalue weighted by Crippen LogP contribution is 2.45. The van der Waals surface area contributed by atoms with Crippen molar-refractivity contribution >= 4 is 129 Å². The van der Waals surface area contributed by atoms with E-state index in [0.717, 1.165) is 57.0 Å². The number of ether oxygens (including phenoxy) is 1. The summed E-state index contributed by atoms with van der Waals surface area (Å²) in [6, 6.07) is 4.12. The summed E-state index contributed by atoms with van der Waals surface area (Å²) in [7, 11) is 0. The van der Waals surface area contributed by atoms with E-state index in [1.807, 2.05) is 19.2 Å². The van der Waals surface area contributed by atoms with Crippen molar-refractivity contribution in [3.8, 4) is 0 Å². The van der Waals surface area contributed by atoms with Crippen LogP contribution in [0.25, 0.3) is 5.57 Å². The first-order valence-electron chi connectivity index (χ1n) is 10.6. The topological polar surface area (TPSA) is 68.5 Å². The Hall–Kier alpha value is 0.620. The lowest BCUT2D eigenvalue weighted by Crippen LogP contribution is -2.37. The molecule has 0 unspecified atom stereocenters. The molecule has 0 bridgehead atoms. The van der Waals surface area contributed by atoms with Gasteiger partial charge >= 0.3 is 6.09 Å². The van der Waals surface area contributed by atoms with Crippen molar-refractivity contribution in [1.29, 1.82) is 0 Å². The van der Waals surface area contributed by atoms with E-state index >= 15 is 0 Å². The first kappa shape index (κ1) is 29.2. The van der Waals surface area contributed by atoms with Crippen LogP contribution >= 0.6 is 111 Å². The molecule has 5 nitrogen and oxygen atoms in total. The van der Waals surface area contributed by atoms with Crippen LogP contribution in [0, 0.1) is 0 Å². The van der Waals surface area contributed by atoms with Crippen molar-refractivity contribution in [1.82, 2.24) is 9.88 Å². The van der Waals surface area contributed by atoms with E-state index in [2.05, 4.69) is 106 Å². The average molecular weight is 949 g/mol. The Bertz CT molecular complexity index is 1100. The Morgan fingerprint density at radius 2 is 1.79 bits per heavy atom. The van der Waals surface area contributed by atoms with Crippen molar-refractivity contribution in [2.75, 3.05) is 25.4 Å². The number of nitrogens with two attached hydrogens (primary N) is 1. The predicted octanol–water partition coefficient (Wildman–Crippen LogP) is 8.57. The molecule has 11 heteroatoms. The normalized spacial score (nSPS) is 15.2. The predicted molar refractivity (Wildman–Crippen MR) is 173 cm³/mol. The molecule has 1 fully saturated rings. The molecule has 0 spiro atoms. The van der Waals surface area contributed by atoms with Crippen LogP contribution in [0.3, 0.4) is 0 Å². The second-order valence-electron chi connectivity index (χ2n) is 7.69. The molecular formula is C23H23Br2ClI3N3O2. The highest BCUT2D eigenvalue weighted by Gasteiger charge is 2.29. The maximum absolute atomic E-state index is 12.1. The Morgan fingerprint density at radius 1 is 1.18 bits per heavy atom. The summed E-state index contributed by atoms with van der Waals surface area (Å²) in [5.41, 5.74) is 13.6. The summed E-state index contributed by atoms with van der Waals surface area (Å²) < 4.78 is 7.69. The summed E-state index contributed by atoms with van der Waals surface area (Å²) in [6.45, 7) is 3.46. The molecule has 184 valence electrons. The van der Waals surface area contributed by atoms with Crippen LogP contribution in [0.2, 0.25) is 5.02 Å². The fourth-order valence-corrected chi connectivity index (χ4v) is 5.59. The second kappa shape index (κ2) is 13.4. The van der Waals surface area contributed by atoms with Gasteiger partial charge in [-0.2, -0.15) is 0 Å². The van der Waals surface area contributed by atoms with Crippen LogP contribution in [0.1, 0.15) is 42.1 Å². The second-order valence-corrected chi connectivity index (χ2v) is 20.7. The number of nitrogen functional groups attached to an aromatic ring is 1. The lowest BCUT2D eigenvalue weighted by Gasteiger charge is -2.30. The van der Waals surface area contributed by atoms with Crippen LogP contribution in [0.4, 0.5) is 10.5 Å². The zero-order valence-corrected chi connectivity index (χ0v) is 28.7. The monoisotopic (exact) mass is 947 g/mol. The molecule has 0 saturated carbocycles. The number of carbonyl (C=O) groups excluding carboxylic acids is 1. The van der Waals surface area contributed by atoms with Gasteiger partial charge in [-0.3, -0.25) is 4.98 Å². The van der Waals surface area contributed by atoms with Gasteiger partial charge in [-0.15, -0.1) is 0 Å². The number of piperidine rings is 1. The molecule has 4 rings (SSSR count). The maximum atomic E-state index is 12.1. The SMILES string of the molecule is CCOC(=O)N1CCC(=C2c3ncc(Br)cc3CCc3cc(Cl)c(N)c(Br)c32)CC1.IC(I)I. The van der Waals surface area contributed by atoms with E-state index in [1.165, 1.54) is 11.1 Å². The number of aryl methyl sites for hydroxylation is 2. The molecule has 2 aromatic rings. The van der Waals surface area contributed by atoms with Crippen molar-refractivity contribution in [3.05, 3.63) is 60.3 Å². The number of carbonyl (C=O) groups is 1. The van der Waals surface area contributed by atoms with E-state index in [9.17, 15) is 4.79 Å². The molecule has 1 amide bonds. The first-order valence-corrected chi connectivity index (χ1v) is 16.3. The number of hydrogen-bond donors (Lipinski definition) is 1. The Balaban J connectivity index is 0.000000751. The zero-order chi connectivity index (χ0) is 25.0. The van der Waals surface area contributed by atoms with Gasteiger partial charge in [0.2, 0.25) is 0 Å². The molecule has 2 aliphatic rings. The number of amides is 1. The number of fused-ring (bicyclic) bond motifs is 2. The van der Waals surface area contributed by atoms with Gasteiger partial charge in [-0.25, -0.2) is 4.79 Å². The van der Waals surface area contributed by atoms with Crippen molar-refractivity contribution in [2.45, 2.75) is 32.5 Å². The third kappa shape index (κ3) is 7.13. The standard InChI is InChI=1S/C22H22Br2ClN3O2.CHI3/c1-2-30-22(29)28-7-5-12(6-8-28)18-17-13(10-16(25)20(26)19(17)24)3-4-14-9-15(23)11-27-21(14)18;2-1(3)4/h9-11H,2-8,26H2,1H3;1H. The van der Waals surface area contributed by atoms with Gasteiger partial charge < -0.3 is 15.4 Å². The van der Waals surface area contributed by atoms with E-state index in [-0.39, 0.29) is 6.09 Å². The van der Waals surface area contributed by atoms with Gasteiger partial charge in [0.05, 0.1) is 27.5 Å². The molecule has 1 aliphatic carbocycles. The molecule has 0 radical (unpaired) electrons. The summed E-state index contributed by atoms with van der Waals surface area (Å²) in [5.74, 6) is 0. The molecule has 2 heterocycles. The summed E-state index contributed by atoms with van der Waals surface area (Å²) in [5, 5.41) is 0.558. The summed E-state index contributed by atoms with van der Waals surface area (Å²) in [4.78, 5) is 18.7. The minimum Gasteiger partial charge on any atom is -0.450 e. The molecule has 1 aliphatic heterocycles. The Labute approximate surface area is 263 Å². The van der Waals surface area contributed by atoms with Gasteiger partial charge in [0.15, 0.2) is 0 Å². The lowest BCUT2D eigenvalue weighted by molar-refractivity contribution is 0.104. The number of alkyl halides is 3. The van der Waals surface area contributed by atoms with E-state index in [4.69, 9.17) is 27.1 Å². The Kier molecular flexibility index (Phi) is 11.5. The number of rotatable bonds is 1. The highest BCUT2D eigenvalue weighted by molar-refractivity contribution is 14.3. The van der Waals surface area contributed by atoms with Gasteiger partial charge in [0.25, 0.3) is 0 Å². The number of halogens is 6. The van der Waals surface area contributed by atoms with Crippen LogP contribution in [0.5, 0.6) is 0 Å². The number of likely N-dealkylation sites (tertiary alicyclic amines) is 1. The number of nitrogens with zero attached hydrogens (tertiary/aromatic N) is 2. The number of aromatic nitrogens is 1. The fourth-order valence-electron chi connectivity index (χ4n) is 4.20. The van der Waals surface area contributed by atoms with Gasteiger partial charge in [-0.1, -0.05) is 84.9 Å². The maximum Gasteiger partial charge on any atom is 0.409 e. The minimum absolute atomic E-state index is 0.248. The van der Waals surface area contributed by atoms with Crippen molar-refractivity contribution in [3.63, 3.8) is 0 Å². The van der Waals surface area contributed by atoms with Gasteiger partial charge in [0, 0.05) is 34.9 Å². The number of benzene rings is 1. The van der Waals surface area contributed by atoms with Crippen molar-refractivity contribution < 1.29 is 9.53 Å². The van der Waals surface area contributed by atoms with Crippen LogP contribution in [0.15, 0.2) is 32.8 Å². The third-order valence-electron chi connectivity index (χ3n) is 5.67. The largest absolute Gasteiger partial charge is 0.450 e. The zero-order valence-electron chi connectivity index (χ0n) is 18.3. The molecule has 2 N–H and O–H groups in total. The molecule has 34 heavy (non-hydrogen) atoms. The van der Waals surface area contributed by atoms with Crippen LogP contribution in [-0.4, -0.2) is 35.6 Å². The van der Waals surface area contributed by atoms with Crippen LogP contribution in [-0.2, 0) is 17.6 Å². The molecule has 1 aromatic heterocycles. The van der Waals surface area contributed by atoms with Gasteiger partial charge in [0.1, 0.15) is -0.0619 Å². The average Bonchev–Trinajstić information content (AvgIpc) is 2.94. The molecule has 0 atom stereocenters. The number of hydrogen-bond acceptors (Lipinski definition) is 4. The van der Waals surface area contributed by atoms with E-state index < -0.39 is 0 Å². The minimum atomic E-state index is -0.248. The highest BCUT2D eigenvalue weighted by atomic mass is 127. The number of anilines is 1. The van der Waals surface area contributed by atoms with Crippen molar-refractivity contribution in [2.24, 2.45) is 0 Å². The summed E-state index contributed by atoms with van der Waals surface area (Å²) in [6.07, 6.45) is 4.84. The van der Waals surface area contributed by atoms with E-state index in [1.54, 1.807) is 4.90 Å². The van der Waals surface area contributed by atoms with Crippen LogP contribution < -0.4 is 5.73 Å². The molecule has 1 saturated heterocycles. The van der Waals surface area contributed by atoms with Gasteiger partial charge in [-0.05, 0) is 87.7 Å². The summed E-state index contributed by atoms with van der Waals surface area (Å²) >= 11 is 20.6. The molecule has 1 aromatic carbocycles. The smallest absolute Gasteiger partial charge is 0.409 e. The quantitative estimate of drug-likeness (QED) is 0.177. The third-order valence-corrected chi connectivity index (χ3v) is 7.24. The first-order chi connectivity index (χ1) is 16.1. The van der Waals surface area contributed by atoms with E-state index in [0.29, 0.717) is 30.4 Å². The fraction of sp³-hybridized carbons (Fsp3) is 0.391. The lowest BCUT2D eigenvalue weighted by atomic mass is 9.88. The number of pyridine rings is 1. The Morgan fingerprint density at radius 3 is 2.41 bits per heavy atom. The molecular weight excluding hydrogens is 926 g/mol.